The molecule has 3 rings (SSSR count). The SMILES string of the molecule is NCc1ccc(Br)cc1-c1c[nH]c2ccccc12. The standard InChI is InChI=1S/C15H13BrN2/c16-11-6-5-10(8-17)13(7-11)14-9-18-15-4-2-1-3-12(14)15/h1-7,9,18H,8,17H2. The summed E-state index contributed by atoms with van der Waals surface area (Å²) in [6.45, 7) is 0.544. The molecule has 18 heavy (non-hydrogen) atoms. The zero-order valence-electron chi connectivity index (χ0n) is 9.78. The van der Waals surface area contributed by atoms with Crippen molar-refractivity contribution in [1.82, 2.24) is 4.98 Å². The molecule has 0 bridgehead atoms. The summed E-state index contributed by atoms with van der Waals surface area (Å²) in [5, 5.41) is 1.23. The Kier molecular flexibility index (Phi) is 2.94. The van der Waals surface area contributed by atoms with E-state index in [1.54, 1.807) is 0 Å². The second kappa shape index (κ2) is 4.59. The molecule has 3 N–H and O–H groups in total. The number of hydrogen-bond donors (Lipinski definition) is 2. The summed E-state index contributed by atoms with van der Waals surface area (Å²) >= 11 is 3.52. The van der Waals surface area contributed by atoms with E-state index in [1.807, 2.05) is 18.3 Å². The molecule has 3 aromatic rings. The molecule has 0 aliphatic carbocycles. The summed E-state index contributed by atoms with van der Waals surface area (Å²) in [5.74, 6) is 0. The average Bonchev–Trinajstić information content (AvgIpc) is 2.82. The van der Waals surface area contributed by atoms with Gasteiger partial charge in [0.15, 0.2) is 0 Å². The number of hydrogen-bond acceptors (Lipinski definition) is 1. The molecule has 0 aliphatic heterocycles. The summed E-state index contributed by atoms with van der Waals surface area (Å²) < 4.78 is 1.07. The lowest BCUT2D eigenvalue weighted by Gasteiger charge is -2.07. The molecule has 0 amide bonds. The number of para-hydroxylation sites is 1. The molecule has 0 atom stereocenters. The predicted octanol–water partition coefficient (Wildman–Crippen LogP) is 4.06. The third-order valence-corrected chi connectivity index (χ3v) is 3.66. The van der Waals surface area contributed by atoms with Gasteiger partial charge in [-0.05, 0) is 29.3 Å². The molecule has 1 aromatic heterocycles. The van der Waals surface area contributed by atoms with Crippen molar-refractivity contribution in [3.8, 4) is 11.1 Å². The Balaban J connectivity index is 2.29. The van der Waals surface area contributed by atoms with Crippen molar-refractivity contribution in [2.45, 2.75) is 6.54 Å². The highest BCUT2D eigenvalue weighted by molar-refractivity contribution is 9.10. The number of nitrogens with one attached hydrogen (secondary N) is 1. The van der Waals surface area contributed by atoms with Gasteiger partial charge in [-0.1, -0.05) is 40.2 Å². The monoisotopic (exact) mass is 300 g/mol. The van der Waals surface area contributed by atoms with Crippen LogP contribution in [0.1, 0.15) is 5.56 Å². The van der Waals surface area contributed by atoms with Crippen molar-refractivity contribution >= 4 is 26.8 Å². The van der Waals surface area contributed by atoms with Crippen LogP contribution in [-0.4, -0.2) is 4.98 Å². The van der Waals surface area contributed by atoms with Crippen LogP contribution in [0.4, 0.5) is 0 Å². The van der Waals surface area contributed by atoms with E-state index in [0.29, 0.717) is 6.54 Å². The zero-order valence-corrected chi connectivity index (χ0v) is 11.4. The minimum Gasteiger partial charge on any atom is -0.361 e. The number of benzene rings is 2. The lowest BCUT2D eigenvalue weighted by Crippen LogP contribution is -1.98. The van der Waals surface area contributed by atoms with Gasteiger partial charge in [-0.15, -0.1) is 0 Å². The molecule has 0 unspecified atom stereocenters. The maximum Gasteiger partial charge on any atom is 0.0460 e. The molecule has 0 fully saturated rings. The molecule has 1 heterocycles. The Hall–Kier alpha value is -1.58. The Labute approximate surface area is 114 Å². The lowest BCUT2D eigenvalue weighted by atomic mass is 9.99. The quantitative estimate of drug-likeness (QED) is 0.736. The maximum absolute atomic E-state index is 5.83. The lowest BCUT2D eigenvalue weighted by molar-refractivity contribution is 1.07. The number of H-pyrrole nitrogens is 1. The van der Waals surface area contributed by atoms with Crippen LogP contribution in [0.3, 0.4) is 0 Å². The maximum atomic E-state index is 5.83. The van der Waals surface area contributed by atoms with Crippen LogP contribution in [0.2, 0.25) is 0 Å². The minimum atomic E-state index is 0.544. The van der Waals surface area contributed by atoms with Crippen molar-refractivity contribution in [3.05, 3.63) is 58.7 Å². The van der Waals surface area contributed by atoms with E-state index in [2.05, 4.69) is 51.2 Å². The zero-order chi connectivity index (χ0) is 12.5. The summed E-state index contributed by atoms with van der Waals surface area (Å²) in [6.07, 6.45) is 2.05. The molecule has 0 saturated carbocycles. The summed E-state index contributed by atoms with van der Waals surface area (Å²) in [4.78, 5) is 3.30. The first-order valence-electron chi connectivity index (χ1n) is 5.84. The Morgan fingerprint density at radius 2 is 1.89 bits per heavy atom. The average molecular weight is 301 g/mol. The highest BCUT2D eigenvalue weighted by Gasteiger charge is 2.09. The predicted molar refractivity (Wildman–Crippen MR) is 79.3 cm³/mol. The van der Waals surface area contributed by atoms with Gasteiger partial charge in [0.2, 0.25) is 0 Å². The van der Waals surface area contributed by atoms with Gasteiger partial charge in [-0.3, -0.25) is 0 Å². The Bertz CT molecular complexity index is 701. The number of rotatable bonds is 2. The molecule has 2 aromatic carbocycles. The van der Waals surface area contributed by atoms with Crippen LogP contribution in [-0.2, 0) is 6.54 Å². The van der Waals surface area contributed by atoms with Crippen LogP contribution in [0.15, 0.2) is 53.1 Å². The van der Waals surface area contributed by atoms with E-state index >= 15 is 0 Å². The Morgan fingerprint density at radius 3 is 2.72 bits per heavy atom. The highest BCUT2D eigenvalue weighted by Crippen LogP contribution is 2.32. The first-order valence-corrected chi connectivity index (χ1v) is 6.64. The summed E-state index contributed by atoms with van der Waals surface area (Å²) in [6, 6.07) is 14.5. The number of nitrogens with two attached hydrogens (primary N) is 1. The topological polar surface area (TPSA) is 41.8 Å². The van der Waals surface area contributed by atoms with Gasteiger partial charge in [0, 0.05) is 33.7 Å². The van der Waals surface area contributed by atoms with Crippen LogP contribution in [0.5, 0.6) is 0 Å². The van der Waals surface area contributed by atoms with Crippen molar-refractivity contribution in [3.63, 3.8) is 0 Å². The van der Waals surface area contributed by atoms with Gasteiger partial charge in [0.1, 0.15) is 0 Å². The number of aromatic amines is 1. The first kappa shape index (κ1) is 11.5. The number of aromatic nitrogens is 1. The van der Waals surface area contributed by atoms with E-state index < -0.39 is 0 Å². The van der Waals surface area contributed by atoms with E-state index in [-0.39, 0.29) is 0 Å². The van der Waals surface area contributed by atoms with Gasteiger partial charge in [0.05, 0.1) is 0 Å². The van der Waals surface area contributed by atoms with Gasteiger partial charge >= 0.3 is 0 Å². The largest absolute Gasteiger partial charge is 0.361 e. The van der Waals surface area contributed by atoms with Gasteiger partial charge in [-0.25, -0.2) is 0 Å². The van der Waals surface area contributed by atoms with Crippen LogP contribution < -0.4 is 5.73 Å². The molecule has 0 saturated heterocycles. The molecule has 90 valence electrons. The van der Waals surface area contributed by atoms with Crippen molar-refractivity contribution in [2.24, 2.45) is 5.73 Å². The summed E-state index contributed by atoms with van der Waals surface area (Å²) in [5.41, 5.74) is 10.5. The van der Waals surface area contributed by atoms with Gasteiger partial charge in [-0.2, -0.15) is 0 Å². The smallest absolute Gasteiger partial charge is 0.0460 e. The number of halogens is 1. The third kappa shape index (κ3) is 1.85. The van der Waals surface area contributed by atoms with E-state index in [0.717, 1.165) is 15.6 Å². The molecule has 2 nitrogen and oxygen atoms in total. The van der Waals surface area contributed by atoms with Gasteiger partial charge in [0.25, 0.3) is 0 Å². The van der Waals surface area contributed by atoms with Crippen molar-refractivity contribution in [2.75, 3.05) is 0 Å². The molecular formula is C15H13BrN2. The van der Waals surface area contributed by atoms with E-state index in [4.69, 9.17) is 5.73 Å². The second-order valence-electron chi connectivity index (χ2n) is 4.25. The van der Waals surface area contributed by atoms with Gasteiger partial charge < -0.3 is 10.7 Å². The fourth-order valence-corrected chi connectivity index (χ4v) is 2.63. The second-order valence-corrected chi connectivity index (χ2v) is 5.17. The fourth-order valence-electron chi connectivity index (χ4n) is 2.27. The van der Waals surface area contributed by atoms with Crippen LogP contribution in [0, 0.1) is 0 Å². The van der Waals surface area contributed by atoms with E-state index in [1.165, 1.54) is 16.5 Å². The Morgan fingerprint density at radius 1 is 1.06 bits per heavy atom. The van der Waals surface area contributed by atoms with Crippen molar-refractivity contribution < 1.29 is 0 Å². The molecule has 3 heteroatoms. The van der Waals surface area contributed by atoms with Crippen LogP contribution in [0.25, 0.3) is 22.0 Å². The van der Waals surface area contributed by atoms with Crippen molar-refractivity contribution in [1.29, 1.82) is 0 Å². The fraction of sp³-hybridized carbons (Fsp3) is 0.0667. The normalized spacial score (nSPS) is 11.0. The third-order valence-electron chi connectivity index (χ3n) is 3.17. The summed E-state index contributed by atoms with van der Waals surface area (Å²) in [7, 11) is 0. The first-order chi connectivity index (χ1) is 8.79. The molecule has 0 spiro atoms. The molecule has 0 aliphatic rings. The van der Waals surface area contributed by atoms with E-state index in [9.17, 15) is 0 Å². The minimum absolute atomic E-state index is 0.544. The van der Waals surface area contributed by atoms with Crippen LogP contribution >= 0.6 is 15.9 Å². The molecule has 0 radical (unpaired) electrons. The molecular weight excluding hydrogens is 288 g/mol. The number of fused-ring (bicyclic) bond motifs is 1. The highest BCUT2D eigenvalue weighted by atomic mass is 79.9.